The zero-order chi connectivity index (χ0) is 24.6. The molecule has 4 N–H and O–H groups in total. The molecule has 0 amide bonds. The summed E-state index contributed by atoms with van der Waals surface area (Å²) in [4.78, 5) is 12.8. The number of carbonyl (C=O) groups excluding carboxylic acids is 1. The Hall–Kier alpha value is -3.05. The van der Waals surface area contributed by atoms with Gasteiger partial charge in [-0.05, 0) is 66.2 Å². The molecule has 0 radical (unpaired) electrons. The zero-order valence-electron chi connectivity index (χ0n) is 20.1. The number of carbonyl (C=O) groups is 1. The van der Waals surface area contributed by atoms with E-state index in [1.165, 1.54) is 11.1 Å². The van der Waals surface area contributed by atoms with Crippen LogP contribution in [0, 0.1) is 0 Å². The topological polar surface area (TPSA) is 98.0 Å². The van der Waals surface area contributed by atoms with E-state index in [9.17, 15) is 25.2 Å². The van der Waals surface area contributed by atoms with Crippen LogP contribution in [0.4, 0.5) is 0 Å². The summed E-state index contributed by atoms with van der Waals surface area (Å²) in [7, 11) is 0. The summed E-state index contributed by atoms with van der Waals surface area (Å²) in [5.74, 6) is -1.77. The van der Waals surface area contributed by atoms with Crippen LogP contribution < -0.4 is 0 Å². The largest absolute Gasteiger partial charge is 0.507 e. The van der Waals surface area contributed by atoms with Crippen molar-refractivity contribution >= 4 is 5.78 Å². The maximum Gasteiger partial charge on any atom is 0.200 e. The van der Waals surface area contributed by atoms with Gasteiger partial charge in [0.25, 0.3) is 0 Å². The molecule has 5 heteroatoms. The molecular weight excluding hydrogens is 416 g/mol. The molecule has 0 aromatic heterocycles. The molecular formula is C28H36O5. The van der Waals surface area contributed by atoms with Crippen LogP contribution in [0.3, 0.4) is 0 Å². The van der Waals surface area contributed by atoms with Crippen molar-refractivity contribution in [1.29, 1.82) is 0 Å². The zero-order valence-corrected chi connectivity index (χ0v) is 20.1. The highest BCUT2D eigenvalue weighted by Gasteiger charge is 2.26. The van der Waals surface area contributed by atoms with E-state index in [0.717, 1.165) is 25.3 Å². The predicted octanol–water partition coefficient (Wildman–Crippen LogP) is 6.19. The highest BCUT2D eigenvalue weighted by atomic mass is 16.3. The standard InChI is InChI=1S/C28H36O5/c1-19(2)10-8-11-20(3)12-9-16-28(4,33)17-15-22-23(29)18-24(30)25(27(22)32)26(31)21-13-6-5-7-14-21/h5-7,10,12-14,18,29-30,32-33H,8-9,11,15-17H2,1-4H3/b20-12+/t28-/m1/s1. The van der Waals surface area contributed by atoms with Gasteiger partial charge in [-0.1, -0.05) is 53.6 Å². The molecule has 1 atom stereocenters. The van der Waals surface area contributed by atoms with E-state index in [2.05, 4.69) is 32.9 Å². The van der Waals surface area contributed by atoms with Crippen molar-refractivity contribution in [3.8, 4) is 17.2 Å². The molecule has 0 saturated carbocycles. The molecule has 178 valence electrons. The summed E-state index contributed by atoms with van der Waals surface area (Å²) in [5.41, 5.74) is 1.78. The molecule has 0 fully saturated rings. The number of rotatable bonds is 11. The minimum Gasteiger partial charge on any atom is -0.507 e. The Morgan fingerprint density at radius 3 is 2.24 bits per heavy atom. The molecule has 2 aromatic carbocycles. The summed E-state index contributed by atoms with van der Waals surface area (Å²) < 4.78 is 0. The van der Waals surface area contributed by atoms with Crippen molar-refractivity contribution in [2.75, 3.05) is 0 Å². The SMILES string of the molecule is CC(C)=CCC/C(C)=C/CC[C@@](C)(O)CCc1c(O)cc(O)c(C(=O)c2ccccc2)c1O. The summed E-state index contributed by atoms with van der Waals surface area (Å²) in [6.45, 7) is 7.98. The van der Waals surface area contributed by atoms with Gasteiger partial charge in [0.05, 0.1) is 5.60 Å². The van der Waals surface area contributed by atoms with Crippen LogP contribution >= 0.6 is 0 Å². The molecule has 0 bridgehead atoms. The maximum atomic E-state index is 12.8. The van der Waals surface area contributed by atoms with Crippen LogP contribution in [0.15, 0.2) is 59.7 Å². The summed E-state index contributed by atoms with van der Waals surface area (Å²) in [6, 6.07) is 9.40. The average molecular weight is 453 g/mol. The van der Waals surface area contributed by atoms with E-state index >= 15 is 0 Å². The fraction of sp³-hybridized carbons (Fsp3) is 0.393. The number of aliphatic hydroxyl groups is 1. The van der Waals surface area contributed by atoms with E-state index < -0.39 is 22.9 Å². The van der Waals surface area contributed by atoms with Crippen LogP contribution in [-0.4, -0.2) is 31.8 Å². The minimum absolute atomic E-state index is 0.140. The number of ketones is 1. The van der Waals surface area contributed by atoms with Gasteiger partial charge in [0.2, 0.25) is 5.78 Å². The Bertz CT molecular complexity index is 1010. The lowest BCUT2D eigenvalue weighted by atomic mass is 9.89. The van der Waals surface area contributed by atoms with Crippen LogP contribution in [0.25, 0.3) is 0 Å². The van der Waals surface area contributed by atoms with Crippen molar-refractivity contribution in [3.05, 3.63) is 76.4 Å². The number of aromatic hydroxyl groups is 3. The fourth-order valence-corrected chi connectivity index (χ4v) is 3.73. The Labute approximate surface area is 196 Å². The Balaban J connectivity index is 2.08. The van der Waals surface area contributed by atoms with E-state index in [1.54, 1.807) is 37.3 Å². The molecule has 0 aliphatic carbocycles. The first-order valence-corrected chi connectivity index (χ1v) is 11.4. The first-order valence-electron chi connectivity index (χ1n) is 11.4. The van der Waals surface area contributed by atoms with E-state index in [0.29, 0.717) is 12.0 Å². The molecule has 0 unspecified atom stereocenters. The van der Waals surface area contributed by atoms with Gasteiger partial charge in [-0.3, -0.25) is 4.79 Å². The second-order valence-electron chi connectivity index (χ2n) is 9.22. The molecule has 33 heavy (non-hydrogen) atoms. The number of phenolic OH excluding ortho intramolecular Hbond substituents is 3. The van der Waals surface area contributed by atoms with Crippen LogP contribution in [-0.2, 0) is 6.42 Å². The van der Waals surface area contributed by atoms with Gasteiger partial charge in [0.1, 0.15) is 22.8 Å². The van der Waals surface area contributed by atoms with Crippen molar-refractivity contribution in [1.82, 2.24) is 0 Å². The predicted molar refractivity (Wildman–Crippen MR) is 132 cm³/mol. The van der Waals surface area contributed by atoms with E-state index in [1.807, 2.05) is 0 Å². The van der Waals surface area contributed by atoms with Gasteiger partial charge >= 0.3 is 0 Å². The lowest BCUT2D eigenvalue weighted by molar-refractivity contribution is 0.0430. The monoisotopic (exact) mass is 452 g/mol. The molecule has 5 nitrogen and oxygen atoms in total. The quantitative estimate of drug-likeness (QED) is 0.241. The third kappa shape index (κ3) is 7.79. The summed E-state index contributed by atoms with van der Waals surface area (Å²) >= 11 is 0. The first kappa shape index (κ1) is 26.2. The minimum atomic E-state index is -1.02. The van der Waals surface area contributed by atoms with Crippen molar-refractivity contribution in [2.45, 2.75) is 71.8 Å². The van der Waals surface area contributed by atoms with Gasteiger partial charge in [0, 0.05) is 17.2 Å². The average Bonchev–Trinajstić information content (AvgIpc) is 2.73. The Morgan fingerprint density at radius 2 is 1.61 bits per heavy atom. The fourth-order valence-electron chi connectivity index (χ4n) is 3.73. The molecule has 0 heterocycles. The van der Waals surface area contributed by atoms with Gasteiger partial charge in [-0.2, -0.15) is 0 Å². The second-order valence-corrected chi connectivity index (χ2v) is 9.22. The highest BCUT2D eigenvalue weighted by molar-refractivity contribution is 6.12. The lowest BCUT2D eigenvalue weighted by Crippen LogP contribution is -2.24. The van der Waals surface area contributed by atoms with Crippen molar-refractivity contribution in [3.63, 3.8) is 0 Å². The first-order chi connectivity index (χ1) is 15.5. The van der Waals surface area contributed by atoms with Gasteiger partial charge in [-0.15, -0.1) is 0 Å². The molecule has 0 aliphatic heterocycles. The maximum absolute atomic E-state index is 12.8. The summed E-state index contributed by atoms with van der Waals surface area (Å²) in [5, 5.41) is 42.0. The number of allylic oxidation sites excluding steroid dienone is 4. The van der Waals surface area contributed by atoms with Gasteiger partial charge in [-0.25, -0.2) is 0 Å². The van der Waals surface area contributed by atoms with E-state index in [4.69, 9.17) is 0 Å². The number of phenols is 3. The van der Waals surface area contributed by atoms with Crippen LogP contribution in [0.5, 0.6) is 17.2 Å². The lowest BCUT2D eigenvalue weighted by Gasteiger charge is -2.23. The Morgan fingerprint density at radius 1 is 0.939 bits per heavy atom. The number of hydrogen-bond acceptors (Lipinski definition) is 5. The molecule has 0 spiro atoms. The second kappa shape index (κ2) is 11.7. The van der Waals surface area contributed by atoms with Crippen LogP contribution in [0.2, 0.25) is 0 Å². The summed E-state index contributed by atoms with van der Waals surface area (Å²) in [6.07, 6.45) is 8.03. The molecule has 2 rings (SSSR count). The smallest absolute Gasteiger partial charge is 0.200 e. The third-order valence-electron chi connectivity index (χ3n) is 5.81. The molecule has 2 aromatic rings. The van der Waals surface area contributed by atoms with Crippen molar-refractivity contribution < 1.29 is 25.2 Å². The normalized spacial score (nSPS) is 13.4. The highest BCUT2D eigenvalue weighted by Crippen LogP contribution is 2.40. The van der Waals surface area contributed by atoms with Crippen molar-refractivity contribution in [2.24, 2.45) is 0 Å². The number of benzene rings is 2. The van der Waals surface area contributed by atoms with Gasteiger partial charge < -0.3 is 20.4 Å². The van der Waals surface area contributed by atoms with Gasteiger partial charge in [0.15, 0.2) is 0 Å². The number of hydrogen-bond donors (Lipinski definition) is 4. The Kier molecular flexibility index (Phi) is 9.30. The molecule has 0 saturated heterocycles. The van der Waals surface area contributed by atoms with Crippen LogP contribution in [0.1, 0.15) is 81.3 Å². The molecule has 0 aliphatic rings. The third-order valence-corrected chi connectivity index (χ3v) is 5.81. The van der Waals surface area contributed by atoms with E-state index in [-0.39, 0.29) is 29.7 Å².